The molecular formula is C6H11FO5. The summed E-state index contributed by atoms with van der Waals surface area (Å²) < 4.78 is 11.6. The summed E-state index contributed by atoms with van der Waals surface area (Å²) in [6.45, 7) is -0.765. The molecule has 0 aliphatic rings. The number of rotatable bonds is 5. The molecule has 12 heavy (non-hydrogen) atoms. The predicted molar refractivity (Wildman–Crippen MR) is 35.8 cm³/mol. The number of aliphatic hydroxyl groups is 4. The maximum atomic E-state index is 11.6. The summed E-state index contributed by atoms with van der Waals surface area (Å²) >= 11 is 0. The number of halogens is 1. The van der Waals surface area contributed by atoms with Crippen molar-refractivity contribution in [2.75, 3.05) is 6.61 Å². The lowest BCUT2D eigenvalue weighted by molar-refractivity contribution is -0.136. The number of hydrogen-bond acceptors (Lipinski definition) is 5. The van der Waals surface area contributed by atoms with E-state index in [9.17, 15) is 9.18 Å². The number of carbonyl (C=O) groups excluding carboxylic acids is 1. The second-order valence-electron chi connectivity index (χ2n) is 2.37. The zero-order valence-electron chi connectivity index (χ0n) is 6.22. The SMILES string of the molecule is O=C([18F])C[C@@H](O)[C@@H](O)[C@H](O)CO. The van der Waals surface area contributed by atoms with Gasteiger partial charge < -0.3 is 20.4 Å². The Morgan fingerprint density at radius 1 is 1.25 bits per heavy atom. The van der Waals surface area contributed by atoms with Crippen molar-refractivity contribution in [3.05, 3.63) is 0 Å². The highest BCUT2D eigenvalue weighted by Crippen LogP contribution is 2.04. The molecule has 0 aliphatic carbocycles. The average molecular weight is 181 g/mol. The maximum absolute atomic E-state index is 11.6. The molecule has 0 radical (unpaired) electrons. The van der Waals surface area contributed by atoms with E-state index in [-0.39, 0.29) is 0 Å². The number of aliphatic hydroxyl groups excluding tert-OH is 4. The van der Waals surface area contributed by atoms with E-state index in [4.69, 9.17) is 20.4 Å². The molecule has 72 valence electrons. The van der Waals surface area contributed by atoms with Gasteiger partial charge >= 0.3 is 6.04 Å². The van der Waals surface area contributed by atoms with Crippen LogP contribution < -0.4 is 0 Å². The van der Waals surface area contributed by atoms with E-state index >= 15 is 0 Å². The van der Waals surface area contributed by atoms with Crippen LogP contribution in [0.15, 0.2) is 0 Å². The van der Waals surface area contributed by atoms with Crippen LogP contribution in [-0.4, -0.2) is 51.4 Å². The molecule has 0 aromatic rings. The van der Waals surface area contributed by atoms with E-state index in [1.54, 1.807) is 0 Å². The van der Waals surface area contributed by atoms with Crippen molar-refractivity contribution in [1.82, 2.24) is 0 Å². The summed E-state index contributed by atoms with van der Waals surface area (Å²) in [6, 6.07) is -1.79. The van der Waals surface area contributed by atoms with Gasteiger partial charge in [-0.05, 0) is 0 Å². The van der Waals surface area contributed by atoms with E-state index < -0.39 is 37.4 Å². The topological polar surface area (TPSA) is 98.0 Å². The Labute approximate surface area is 68.1 Å². The van der Waals surface area contributed by atoms with Crippen molar-refractivity contribution in [3.63, 3.8) is 0 Å². The lowest BCUT2D eigenvalue weighted by atomic mass is 10.1. The normalized spacial score (nSPS) is 18.4. The molecule has 0 saturated heterocycles. The zero-order chi connectivity index (χ0) is 9.72. The minimum absolute atomic E-state index is 0.765. The Bertz CT molecular complexity index is 151. The Morgan fingerprint density at radius 2 is 1.75 bits per heavy atom. The van der Waals surface area contributed by atoms with Crippen molar-refractivity contribution >= 4 is 6.04 Å². The van der Waals surface area contributed by atoms with E-state index in [0.717, 1.165) is 0 Å². The molecule has 0 fully saturated rings. The summed E-state index contributed by atoms with van der Waals surface area (Å²) in [6.07, 6.45) is -5.86. The van der Waals surface area contributed by atoms with Gasteiger partial charge in [0.15, 0.2) is 0 Å². The lowest BCUT2D eigenvalue weighted by Gasteiger charge is -2.19. The molecule has 4 N–H and O–H groups in total. The molecule has 3 atom stereocenters. The van der Waals surface area contributed by atoms with E-state index in [1.807, 2.05) is 0 Å². The molecule has 0 bridgehead atoms. The van der Waals surface area contributed by atoms with Crippen molar-refractivity contribution in [2.24, 2.45) is 0 Å². The van der Waals surface area contributed by atoms with Gasteiger partial charge in [0.1, 0.15) is 12.2 Å². The molecule has 0 aliphatic heterocycles. The summed E-state index contributed by atoms with van der Waals surface area (Å²) in [5, 5.41) is 34.7. The zero-order valence-corrected chi connectivity index (χ0v) is 6.22. The van der Waals surface area contributed by atoms with Crippen LogP contribution >= 0.6 is 0 Å². The van der Waals surface area contributed by atoms with Gasteiger partial charge in [-0.2, -0.15) is 4.39 Å². The Morgan fingerprint density at radius 3 is 2.08 bits per heavy atom. The minimum Gasteiger partial charge on any atom is -0.394 e. The molecule has 6 heteroatoms. The van der Waals surface area contributed by atoms with Crippen LogP contribution in [-0.2, 0) is 4.79 Å². The smallest absolute Gasteiger partial charge is 0.304 e. The highest BCUT2D eigenvalue weighted by atomic mass is 18.2. The van der Waals surface area contributed by atoms with Gasteiger partial charge in [-0.25, -0.2) is 0 Å². The van der Waals surface area contributed by atoms with Gasteiger partial charge in [-0.1, -0.05) is 0 Å². The third-order valence-electron chi connectivity index (χ3n) is 1.35. The van der Waals surface area contributed by atoms with Gasteiger partial charge in [0.2, 0.25) is 0 Å². The molecule has 0 aromatic carbocycles. The third kappa shape index (κ3) is 3.72. The third-order valence-corrected chi connectivity index (χ3v) is 1.35. The van der Waals surface area contributed by atoms with Crippen molar-refractivity contribution in [1.29, 1.82) is 0 Å². The fraction of sp³-hybridized carbons (Fsp3) is 0.833. The Kier molecular flexibility index (Phi) is 4.91. The van der Waals surface area contributed by atoms with E-state index in [2.05, 4.69) is 0 Å². The van der Waals surface area contributed by atoms with Crippen LogP contribution in [0.2, 0.25) is 0 Å². The van der Waals surface area contributed by atoms with Crippen LogP contribution in [0.25, 0.3) is 0 Å². The fourth-order valence-electron chi connectivity index (χ4n) is 0.650. The molecular weight excluding hydrogens is 170 g/mol. The predicted octanol–water partition coefficient (Wildman–Crippen LogP) is -2.05. The molecule has 0 heterocycles. The summed E-state index contributed by atoms with van der Waals surface area (Å²) in [5.74, 6) is 0. The maximum Gasteiger partial charge on any atom is 0.304 e. The van der Waals surface area contributed by atoms with Crippen LogP contribution in [0, 0.1) is 0 Å². The van der Waals surface area contributed by atoms with Crippen LogP contribution in [0.4, 0.5) is 4.39 Å². The number of carbonyl (C=O) groups is 1. The summed E-state index contributed by atoms with van der Waals surface area (Å²) in [5.41, 5.74) is 0. The van der Waals surface area contributed by atoms with Crippen molar-refractivity contribution in [2.45, 2.75) is 24.7 Å². The first-order valence-electron chi connectivity index (χ1n) is 3.32. The summed E-state index contributed by atoms with van der Waals surface area (Å²) in [4.78, 5) is 9.79. The van der Waals surface area contributed by atoms with Crippen molar-refractivity contribution < 1.29 is 29.6 Å². The second kappa shape index (κ2) is 5.15. The van der Waals surface area contributed by atoms with Crippen LogP contribution in [0.5, 0.6) is 0 Å². The fourth-order valence-corrected chi connectivity index (χ4v) is 0.650. The number of hydrogen-bond donors (Lipinski definition) is 4. The second-order valence-corrected chi connectivity index (χ2v) is 2.37. The van der Waals surface area contributed by atoms with Gasteiger partial charge in [0.25, 0.3) is 0 Å². The standard InChI is InChI=1S/C6H11FO5/c7-5(11)1-3(9)6(12)4(10)2-8/h3-4,6,8-10,12H,1-2H2/t3-,4-,6-/m1/s1/i7-1. The summed E-state index contributed by atoms with van der Waals surface area (Å²) in [7, 11) is 0. The Balaban J connectivity index is 3.91. The van der Waals surface area contributed by atoms with E-state index in [1.165, 1.54) is 0 Å². The Hall–Kier alpha value is -0.560. The highest BCUT2D eigenvalue weighted by molar-refractivity contribution is 5.68. The largest absolute Gasteiger partial charge is 0.394 e. The molecule has 0 saturated carbocycles. The lowest BCUT2D eigenvalue weighted by Crippen LogP contribution is -2.40. The van der Waals surface area contributed by atoms with Gasteiger partial charge in [0.05, 0.1) is 19.1 Å². The van der Waals surface area contributed by atoms with Gasteiger partial charge in [-0.15, -0.1) is 0 Å². The van der Waals surface area contributed by atoms with Gasteiger partial charge in [-0.3, -0.25) is 4.79 Å². The molecule has 0 aromatic heterocycles. The van der Waals surface area contributed by atoms with Crippen molar-refractivity contribution in [3.8, 4) is 0 Å². The monoisotopic (exact) mass is 181 g/mol. The van der Waals surface area contributed by atoms with Crippen LogP contribution in [0.1, 0.15) is 6.42 Å². The molecule has 5 nitrogen and oxygen atoms in total. The first-order valence-corrected chi connectivity index (χ1v) is 3.32. The minimum atomic E-state index is -1.79. The first-order chi connectivity index (χ1) is 5.49. The van der Waals surface area contributed by atoms with Gasteiger partial charge in [0, 0.05) is 0 Å². The highest BCUT2D eigenvalue weighted by Gasteiger charge is 2.25. The van der Waals surface area contributed by atoms with E-state index in [0.29, 0.717) is 0 Å². The molecule has 0 rings (SSSR count). The molecule has 0 amide bonds. The average Bonchev–Trinajstić information content (AvgIpc) is 2.00. The van der Waals surface area contributed by atoms with Crippen LogP contribution in [0.3, 0.4) is 0 Å². The molecule has 0 spiro atoms. The first kappa shape index (κ1) is 11.4. The molecule has 0 unspecified atom stereocenters. The quantitative estimate of drug-likeness (QED) is 0.366.